The van der Waals surface area contributed by atoms with Gasteiger partial charge in [-0.15, -0.1) is 24.8 Å². The van der Waals surface area contributed by atoms with Crippen LogP contribution < -0.4 is 10.2 Å². The quantitative estimate of drug-likeness (QED) is 0.754. The molecule has 1 amide bonds. The van der Waals surface area contributed by atoms with Crippen LogP contribution in [0, 0.1) is 5.92 Å². The predicted octanol–water partition coefficient (Wildman–Crippen LogP) is 4.10. The van der Waals surface area contributed by atoms with E-state index < -0.39 is 0 Å². The minimum absolute atomic E-state index is 0. The number of carbonyl (C=O) groups excluding carboxylic acids is 1. The molecule has 5 rings (SSSR count). The molecular formula is C21H30Cl2N4OS. The first-order chi connectivity index (χ1) is 13.2. The maximum absolute atomic E-state index is 13.1. The van der Waals surface area contributed by atoms with Gasteiger partial charge in [0.2, 0.25) is 5.91 Å². The van der Waals surface area contributed by atoms with E-state index in [1.807, 2.05) is 13.1 Å². The molecule has 5 nitrogen and oxygen atoms in total. The molecule has 1 aromatic heterocycles. The van der Waals surface area contributed by atoms with Crippen LogP contribution in [0.25, 0.3) is 10.2 Å². The summed E-state index contributed by atoms with van der Waals surface area (Å²) in [6, 6.07) is 10.0. The Morgan fingerprint density at radius 2 is 1.76 bits per heavy atom. The largest absolute Gasteiger partial charge is 0.348 e. The van der Waals surface area contributed by atoms with Gasteiger partial charge < -0.3 is 15.1 Å². The summed E-state index contributed by atoms with van der Waals surface area (Å²) in [6.45, 7) is 1.86. The Labute approximate surface area is 189 Å². The van der Waals surface area contributed by atoms with Gasteiger partial charge in [-0.3, -0.25) is 4.79 Å². The highest BCUT2D eigenvalue weighted by molar-refractivity contribution is 7.22. The summed E-state index contributed by atoms with van der Waals surface area (Å²) in [5.41, 5.74) is 1.08. The summed E-state index contributed by atoms with van der Waals surface area (Å²) in [7, 11) is 2.04. The van der Waals surface area contributed by atoms with Crippen molar-refractivity contribution in [3.8, 4) is 0 Å². The van der Waals surface area contributed by atoms with E-state index in [2.05, 4.69) is 33.3 Å². The lowest BCUT2D eigenvalue weighted by molar-refractivity contribution is -0.137. The van der Waals surface area contributed by atoms with Crippen molar-refractivity contribution in [3.63, 3.8) is 0 Å². The van der Waals surface area contributed by atoms with Crippen LogP contribution in [0.5, 0.6) is 0 Å². The molecule has 160 valence electrons. The smallest absolute Gasteiger partial charge is 0.225 e. The van der Waals surface area contributed by atoms with Crippen molar-refractivity contribution in [1.29, 1.82) is 0 Å². The standard InChI is InChI=1S/C21H28N4OS.2ClH/c1-24(17-12-15-6-7-16(13-17)22-15)20(26)14-8-10-25(11-9-14)21-23-18-4-2-3-5-19(18)27-21;;/h2-5,14-17,22H,6-13H2,1H3;2*1H. The molecule has 0 saturated carbocycles. The number of nitrogens with zero attached hydrogens (tertiary/aromatic N) is 3. The zero-order valence-electron chi connectivity index (χ0n) is 16.8. The van der Waals surface area contributed by atoms with Crippen LogP contribution >= 0.6 is 36.2 Å². The molecule has 3 aliphatic rings. The van der Waals surface area contributed by atoms with E-state index >= 15 is 0 Å². The third-order valence-electron chi connectivity index (χ3n) is 6.74. The summed E-state index contributed by atoms with van der Waals surface area (Å²) in [5.74, 6) is 0.540. The molecule has 0 aliphatic carbocycles. The number of fused-ring (bicyclic) bond motifs is 3. The minimum atomic E-state index is 0. The zero-order valence-corrected chi connectivity index (χ0v) is 19.2. The molecule has 29 heavy (non-hydrogen) atoms. The third kappa shape index (κ3) is 4.50. The van der Waals surface area contributed by atoms with Crippen LogP contribution in [0.4, 0.5) is 5.13 Å². The number of thiazole rings is 1. The van der Waals surface area contributed by atoms with E-state index in [9.17, 15) is 4.79 Å². The molecule has 8 heteroatoms. The molecule has 3 fully saturated rings. The second kappa shape index (κ2) is 9.38. The number of nitrogens with one attached hydrogen (secondary N) is 1. The monoisotopic (exact) mass is 456 g/mol. The van der Waals surface area contributed by atoms with E-state index in [-0.39, 0.29) is 30.7 Å². The second-order valence-electron chi connectivity index (χ2n) is 8.44. The van der Waals surface area contributed by atoms with Crippen LogP contribution in [0.3, 0.4) is 0 Å². The number of aromatic nitrogens is 1. The van der Waals surface area contributed by atoms with Crippen molar-refractivity contribution in [2.75, 3.05) is 25.0 Å². The van der Waals surface area contributed by atoms with Gasteiger partial charge in [-0.2, -0.15) is 0 Å². The fourth-order valence-electron chi connectivity index (χ4n) is 5.12. The Morgan fingerprint density at radius 3 is 2.41 bits per heavy atom. The molecule has 0 radical (unpaired) electrons. The highest BCUT2D eigenvalue weighted by atomic mass is 35.5. The van der Waals surface area contributed by atoms with Crippen LogP contribution in [0.1, 0.15) is 38.5 Å². The zero-order chi connectivity index (χ0) is 18.4. The van der Waals surface area contributed by atoms with Crippen molar-refractivity contribution in [2.24, 2.45) is 5.92 Å². The number of hydrogen-bond acceptors (Lipinski definition) is 5. The maximum atomic E-state index is 13.1. The fraction of sp³-hybridized carbons (Fsp3) is 0.619. The van der Waals surface area contributed by atoms with Crippen molar-refractivity contribution in [3.05, 3.63) is 24.3 Å². The summed E-state index contributed by atoms with van der Waals surface area (Å²) >= 11 is 1.76. The van der Waals surface area contributed by atoms with Gasteiger partial charge >= 0.3 is 0 Å². The number of hydrogen-bond donors (Lipinski definition) is 1. The van der Waals surface area contributed by atoms with Gasteiger partial charge in [0.25, 0.3) is 0 Å². The highest BCUT2D eigenvalue weighted by Crippen LogP contribution is 2.33. The van der Waals surface area contributed by atoms with E-state index in [0.717, 1.165) is 49.4 Å². The lowest BCUT2D eigenvalue weighted by Crippen LogP contribution is -2.51. The fourth-order valence-corrected chi connectivity index (χ4v) is 6.14. The van der Waals surface area contributed by atoms with Crippen molar-refractivity contribution in [2.45, 2.75) is 56.7 Å². The molecule has 3 aliphatic heterocycles. The molecule has 2 bridgehead atoms. The van der Waals surface area contributed by atoms with E-state index in [1.165, 1.54) is 17.5 Å². The summed E-state index contributed by atoms with van der Waals surface area (Å²) in [5, 5.41) is 4.78. The van der Waals surface area contributed by atoms with Gasteiger partial charge in [0, 0.05) is 44.2 Å². The maximum Gasteiger partial charge on any atom is 0.225 e. The Hall–Kier alpha value is -1.08. The Balaban J connectivity index is 0.00000120. The van der Waals surface area contributed by atoms with Gasteiger partial charge in [-0.05, 0) is 50.7 Å². The topological polar surface area (TPSA) is 48.5 Å². The molecule has 2 unspecified atom stereocenters. The summed E-state index contributed by atoms with van der Waals surface area (Å²) in [4.78, 5) is 22.3. The SMILES string of the molecule is CN(C(=O)C1CCN(c2nc3ccccc3s2)CC1)C1CC2CCC(C1)N2.Cl.Cl. The highest BCUT2D eigenvalue weighted by Gasteiger charge is 2.38. The van der Waals surface area contributed by atoms with Gasteiger partial charge in [-0.25, -0.2) is 4.98 Å². The van der Waals surface area contributed by atoms with E-state index in [0.29, 0.717) is 24.0 Å². The van der Waals surface area contributed by atoms with Gasteiger partial charge in [0.15, 0.2) is 5.13 Å². The number of benzene rings is 1. The van der Waals surface area contributed by atoms with Crippen LogP contribution in [-0.2, 0) is 4.79 Å². The molecule has 1 aromatic carbocycles. The molecule has 0 spiro atoms. The third-order valence-corrected chi connectivity index (χ3v) is 7.84. The number of halogens is 2. The summed E-state index contributed by atoms with van der Waals surface area (Å²) < 4.78 is 1.24. The number of amides is 1. The van der Waals surface area contributed by atoms with Crippen molar-refractivity contribution < 1.29 is 4.79 Å². The van der Waals surface area contributed by atoms with Crippen LogP contribution in [0.2, 0.25) is 0 Å². The molecule has 4 heterocycles. The number of para-hydroxylation sites is 1. The summed E-state index contributed by atoms with van der Waals surface area (Å²) in [6.07, 6.45) is 6.70. The first-order valence-electron chi connectivity index (χ1n) is 10.3. The second-order valence-corrected chi connectivity index (χ2v) is 9.45. The number of rotatable bonds is 3. The lowest BCUT2D eigenvalue weighted by Gasteiger charge is -2.39. The van der Waals surface area contributed by atoms with E-state index in [1.54, 1.807) is 11.3 Å². The normalized spacial score (nSPS) is 26.7. The van der Waals surface area contributed by atoms with Gasteiger partial charge in [0.1, 0.15) is 0 Å². The average Bonchev–Trinajstić information content (AvgIpc) is 3.29. The average molecular weight is 457 g/mol. The molecular weight excluding hydrogens is 427 g/mol. The predicted molar refractivity (Wildman–Crippen MR) is 125 cm³/mol. The first-order valence-corrected chi connectivity index (χ1v) is 11.1. The number of carbonyl (C=O) groups is 1. The lowest BCUT2D eigenvalue weighted by atomic mass is 9.92. The van der Waals surface area contributed by atoms with Crippen LogP contribution in [0.15, 0.2) is 24.3 Å². The first kappa shape index (κ1) is 22.6. The van der Waals surface area contributed by atoms with Crippen molar-refractivity contribution >= 4 is 57.4 Å². The Morgan fingerprint density at radius 1 is 1.10 bits per heavy atom. The number of piperidine rings is 2. The Bertz CT molecular complexity index is 794. The van der Waals surface area contributed by atoms with Gasteiger partial charge in [0.05, 0.1) is 10.2 Å². The van der Waals surface area contributed by atoms with Gasteiger partial charge in [-0.1, -0.05) is 23.5 Å². The Kier molecular flexibility index (Phi) is 7.31. The minimum Gasteiger partial charge on any atom is -0.348 e. The molecule has 2 aromatic rings. The van der Waals surface area contributed by atoms with Crippen molar-refractivity contribution in [1.82, 2.24) is 15.2 Å². The molecule has 3 saturated heterocycles. The molecule has 1 N–H and O–H groups in total. The van der Waals surface area contributed by atoms with E-state index in [4.69, 9.17) is 4.98 Å². The number of anilines is 1. The molecule has 2 atom stereocenters. The van der Waals surface area contributed by atoms with Crippen LogP contribution in [-0.4, -0.2) is 54.1 Å².